The number of nitrogens with one attached hydrogen (secondary N) is 1. The number of hydrogen-bond acceptors (Lipinski definition) is 5. The van der Waals surface area contributed by atoms with Crippen LogP contribution in [-0.4, -0.2) is 35.0 Å². The van der Waals surface area contributed by atoms with E-state index < -0.39 is 0 Å². The van der Waals surface area contributed by atoms with E-state index in [0.29, 0.717) is 18.3 Å². The van der Waals surface area contributed by atoms with Gasteiger partial charge < -0.3 is 0 Å². The van der Waals surface area contributed by atoms with Gasteiger partial charge in [-0.25, -0.2) is 14.6 Å². The predicted octanol–water partition coefficient (Wildman–Crippen LogP) is 4.08. The lowest BCUT2D eigenvalue weighted by Crippen LogP contribution is -2.28. The van der Waals surface area contributed by atoms with Gasteiger partial charge in [0.25, 0.3) is 0 Å². The fourth-order valence-corrected chi connectivity index (χ4v) is 4.83. The Hall–Kier alpha value is -3.55. The first-order valence-corrected chi connectivity index (χ1v) is 11.8. The Bertz CT molecular complexity index is 1250. The van der Waals surface area contributed by atoms with Gasteiger partial charge >= 0.3 is 5.69 Å². The number of H-pyrrole nitrogens is 1. The summed E-state index contributed by atoms with van der Waals surface area (Å²) >= 11 is 0. The molecule has 33 heavy (non-hydrogen) atoms. The fourth-order valence-electron chi connectivity index (χ4n) is 4.83. The number of aryl methyl sites for hydroxylation is 1. The molecule has 0 spiro atoms. The lowest BCUT2D eigenvalue weighted by Gasteiger charge is -2.20. The van der Waals surface area contributed by atoms with E-state index in [1.54, 1.807) is 4.68 Å². The molecule has 0 amide bonds. The number of benzene rings is 2. The molecule has 1 fully saturated rings. The monoisotopic (exact) mass is 443 g/mol. The van der Waals surface area contributed by atoms with E-state index >= 15 is 0 Å². The zero-order valence-corrected chi connectivity index (χ0v) is 18.9. The van der Waals surface area contributed by atoms with Gasteiger partial charge in [0.2, 0.25) is 0 Å². The van der Waals surface area contributed by atoms with Gasteiger partial charge in [0.15, 0.2) is 5.82 Å². The third-order valence-electron chi connectivity index (χ3n) is 6.60. The second-order valence-corrected chi connectivity index (χ2v) is 8.82. The van der Waals surface area contributed by atoms with E-state index in [0.717, 1.165) is 41.0 Å². The van der Waals surface area contributed by atoms with Crippen LogP contribution in [0.15, 0.2) is 53.3 Å². The highest BCUT2D eigenvalue weighted by atomic mass is 16.2. The number of tetrazole rings is 1. The minimum atomic E-state index is 0.00432. The summed E-state index contributed by atoms with van der Waals surface area (Å²) in [5.41, 5.74) is 4.15. The summed E-state index contributed by atoms with van der Waals surface area (Å²) in [6.07, 6.45) is 6.99. The van der Waals surface area contributed by atoms with Gasteiger partial charge in [-0.15, -0.1) is 5.10 Å². The fraction of sp³-hybridized carbons (Fsp3) is 0.400. The predicted molar refractivity (Wildman–Crippen MR) is 127 cm³/mol. The Balaban J connectivity index is 1.38. The van der Waals surface area contributed by atoms with Crippen molar-refractivity contribution in [2.24, 2.45) is 5.92 Å². The number of rotatable bonds is 7. The average Bonchev–Trinajstić information content (AvgIpc) is 3.50. The minimum absolute atomic E-state index is 0.00432. The Morgan fingerprint density at radius 1 is 1.00 bits per heavy atom. The Labute approximate surface area is 192 Å². The van der Waals surface area contributed by atoms with Crippen molar-refractivity contribution in [3.8, 4) is 22.5 Å². The molecule has 2 aromatic heterocycles. The normalized spacial score (nSPS) is 14.6. The first kappa shape index (κ1) is 21.3. The molecule has 170 valence electrons. The molecule has 5 rings (SSSR count). The number of hydrogen-bond donors (Lipinski definition) is 1. The average molecular weight is 444 g/mol. The second-order valence-electron chi connectivity index (χ2n) is 8.82. The van der Waals surface area contributed by atoms with E-state index in [2.05, 4.69) is 63.0 Å². The molecular weight excluding hydrogens is 414 g/mol. The van der Waals surface area contributed by atoms with Crippen LogP contribution in [-0.2, 0) is 19.5 Å². The molecule has 2 heterocycles. The third-order valence-corrected chi connectivity index (χ3v) is 6.60. The topological polar surface area (TPSA) is 94.3 Å². The molecule has 8 heteroatoms. The lowest BCUT2D eigenvalue weighted by molar-refractivity contribution is 0.303. The van der Waals surface area contributed by atoms with Gasteiger partial charge in [0.1, 0.15) is 5.82 Å². The summed E-state index contributed by atoms with van der Waals surface area (Å²) in [5, 5.41) is 19.0. The van der Waals surface area contributed by atoms with Crippen LogP contribution in [0.25, 0.3) is 22.5 Å². The second kappa shape index (κ2) is 9.52. The van der Waals surface area contributed by atoms with Gasteiger partial charge in [-0.2, -0.15) is 5.10 Å². The molecule has 0 saturated heterocycles. The molecule has 0 unspecified atom stereocenters. The number of aromatic nitrogens is 7. The van der Waals surface area contributed by atoms with Crippen LogP contribution in [0.4, 0.5) is 0 Å². The molecule has 1 aliphatic rings. The van der Waals surface area contributed by atoms with Gasteiger partial charge in [0, 0.05) is 18.5 Å². The minimum Gasteiger partial charge on any atom is -0.274 e. The molecule has 0 aliphatic heterocycles. The summed E-state index contributed by atoms with van der Waals surface area (Å²) in [7, 11) is 0. The Morgan fingerprint density at radius 3 is 2.45 bits per heavy atom. The van der Waals surface area contributed by atoms with Crippen LogP contribution in [0.5, 0.6) is 0 Å². The molecule has 4 aromatic rings. The van der Waals surface area contributed by atoms with Crippen molar-refractivity contribution in [2.45, 2.75) is 58.5 Å². The van der Waals surface area contributed by atoms with Crippen LogP contribution in [0, 0.1) is 5.92 Å². The first-order valence-electron chi connectivity index (χ1n) is 11.8. The molecule has 1 N–H and O–H groups in total. The van der Waals surface area contributed by atoms with Crippen molar-refractivity contribution in [2.75, 3.05) is 0 Å². The van der Waals surface area contributed by atoms with Crippen LogP contribution in [0.3, 0.4) is 0 Å². The highest BCUT2D eigenvalue weighted by Gasteiger charge is 2.19. The van der Waals surface area contributed by atoms with Crippen LogP contribution >= 0.6 is 0 Å². The van der Waals surface area contributed by atoms with E-state index in [-0.39, 0.29) is 5.69 Å². The van der Waals surface area contributed by atoms with Crippen molar-refractivity contribution < 1.29 is 0 Å². The summed E-state index contributed by atoms with van der Waals surface area (Å²) in [6.45, 7) is 3.33. The first-order chi connectivity index (χ1) is 16.2. The van der Waals surface area contributed by atoms with Crippen LogP contribution in [0.2, 0.25) is 0 Å². The number of aromatic amines is 1. The van der Waals surface area contributed by atoms with Gasteiger partial charge in [-0.05, 0) is 45.9 Å². The molecule has 2 aromatic carbocycles. The largest absolute Gasteiger partial charge is 0.346 e. The Kier molecular flexibility index (Phi) is 6.15. The summed E-state index contributed by atoms with van der Waals surface area (Å²) in [6, 6.07) is 16.4. The molecule has 0 atom stereocenters. The smallest absolute Gasteiger partial charge is 0.274 e. The molecular formula is C25H29N7O. The van der Waals surface area contributed by atoms with Crippen molar-refractivity contribution in [1.29, 1.82) is 0 Å². The molecule has 0 bridgehead atoms. The zero-order valence-electron chi connectivity index (χ0n) is 18.9. The molecule has 0 radical (unpaired) electrons. The highest BCUT2D eigenvalue weighted by molar-refractivity contribution is 5.80. The summed E-state index contributed by atoms with van der Waals surface area (Å²) in [5.74, 6) is 2.06. The SMILES string of the molecule is CCc1nn(CC2CCCCC2)c(=O)n1Cc1ccc(-c2ccccc2-c2nnn[nH]2)cc1. The van der Waals surface area contributed by atoms with Crippen LogP contribution in [0.1, 0.15) is 50.4 Å². The van der Waals surface area contributed by atoms with Gasteiger partial charge in [-0.1, -0.05) is 74.7 Å². The molecule has 1 saturated carbocycles. The van der Waals surface area contributed by atoms with Crippen molar-refractivity contribution in [3.63, 3.8) is 0 Å². The van der Waals surface area contributed by atoms with Crippen molar-refractivity contribution >= 4 is 0 Å². The molecule has 1 aliphatic carbocycles. The maximum Gasteiger partial charge on any atom is 0.346 e. The summed E-state index contributed by atoms with van der Waals surface area (Å²) < 4.78 is 3.52. The Morgan fingerprint density at radius 2 is 1.76 bits per heavy atom. The maximum atomic E-state index is 13.1. The molecule has 8 nitrogen and oxygen atoms in total. The van der Waals surface area contributed by atoms with E-state index in [1.165, 1.54) is 32.1 Å². The van der Waals surface area contributed by atoms with Crippen LogP contribution < -0.4 is 5.69 Å². The lowest BCUT2D eigenvalue weighted by atomic mass is 9.89. The maximum absolute atomic E-state index is 13.1. The summed E-state index contributed by atoms with van der Waals surface area (Å²) in [4.78, 5) is 13.1. The zero-order chi connectivity index (χ0) is 22.6. The van der Waals surface area contributed by atoms with E-state index in [9.17, 15) is 4.79 Å². The van der Waals surface area contributed by atoms with Crippen molar-refractivity contribution in [3.05, 3.63) is 70.4 Å². The highest BCUT2D eigenvalue weighted by Crippen LogP contribution is 2.30. The van der Waals surface area contributed by atoms with Crippen molar-refractivity contribution in [1.82, 2.24) is 35.0 Å². The van der Waals surface area contributed by atoms with Gasteiger partial charge in [-0.3, -0.25) is 4.57 Å². The van der Waals surface area contributed by atoms with E-state index in [1.807, 2.05) is 22.8 Å². The quantitative estimate of drug-likeness (QED) is 0.464. The van der Waals surface area contributed by atoms with Gasteiger partial charge in [0.05, 0.1) is 6.54 Å². The number of nitrogens with zero attached hydrogens (tertiary/aromatic N) is 6. The third kappa shape index (κ3) is 4.51. The van der Waals surface area contributed by atoms with E-state index in [4.69, 9.17) is 0 Å². The standard InChI is InChI=1S/C25H29N7O/c1-2-23-28-32(17-18-8-4-3-5-9-18)25(33)31(23)16-19-12-14-20(15-13-19)21-10-6-7-11-22(21)24-26-29-30-27-24/h6-7,10-15,18H,2-5,8-9,16-17H2,1H3,(H,26,27,29,30).